The summed E-state index contributed by atoms with van der Waals surface area (Å²) < 4.78 is 8.87. The predicted octanol–water partition coefficient (Wildman–Crippen LogP) is 4.30. The second-order valence-electron chi connectivity index (χ2n) is 8.82. The molecule has 1 nitrogen and oxygen atoms in total. The molecule has 0 radical (unpaired) electrons. The van der Waals surface area contributed by atoms with Gasteiger partial charge < -0.3 is 0 Å². The zero-order valence-electron chi connectivity index (χ0n) is 17.9. The van der Waals surface area contributed by atoms with Crippen molar-refractivity contribution >= 4 is 38.1 Å². The van der Waals surface area contributed by atoms with E-state index in [4.69, 9.17) is 4.43 Å². The monoisotopic (exact) mass is 498 g/mol. The van der Waals surface area contributed by atoms with E-state index in [1.165, 1.54) is 26.0 Å². The van der Waals surface area contributed by atoms with E-state index >= 15 is 0 Å². The molecule has 0 N–H and O–H groups in total. The molecule has 6 rings (SSSR count). The van der Waals surface area contributed by atoms with Crippen LogP contribution < -0.4 is 14.8 Å². The van der Waals surface area contributed by atoms with Crippen molar-refractivity contribution in [3.63, 3.8) is 0 Å². The van der Waals surface area contributed by atoms with Gasteiger partial charge in [-0.1, -0.05) is 0 Å². The second-order valence-corrected chi connectivity index (χ2v) is 15.0. The van der Waals surface area contributed by atoms with Crippen LogP contribution in [-0.2, 0) is 10.8 Å². The SMILES string of the molecule is c1ccc([Se]C2C[Si](c3ccccc3)(c3ccccc3)O[C@@H]3Cc4ccccc4[C@H]23)cc1. The Hall–Kier alpha value is -2.42. The van der Waals surface area contributed by atoms with Crippen LogP contribution in [-0.4, -0.2) is 29.4 Å². The van der Waals surface area contributed by atoms with Gasteiger partial charge >= 0.3 is 198 Å². The van der Waals surface area contributed by atoms with Crippen LogP contribution in [0.3, 0.4) is 0 Å². The molecule has 1 unspecified atom stereocenters. The van der Waals surface area contributed by atoms with Crippen molar-refractivity contribution in [3.8, 4) is 0 Å². The molecule has 2 aliphatic rings. The van der Waals surface area contributed by atoms with Crippen LogP contribution in [0.1, 0.15) is 17.0 Å². The van der Waals surface area contributed by atoms with Crippen molar-refractivity contribution in [2.75, 3.05) is 0 Å². The molecule has 32 heavy (non-hydrogen) atoms. The predicted molar refractivity (Wildman–Crippen MR) is 136 cm³/mol. The molecular weight excluding hydrogens is 471 g/mol. The van der Waals surface area contributed by atoms with Crippen LogP contribution in [0.2, 0.25) is 10.9 Å². The minimum absolute atomic E-state index is 0.267. The van der Waals surface area contributed by atoms with Crippen LogP contribution in [0.25, 0.3) is 0 Å². The fourth-order valence-corrected chi connectivity index (χ4v) is 14.3. The van der Waals surface area contributed by atoms with E-state index in [0.717, 1.165) is 12.5 Å². The van der Waals surface area contributed by atoms with Crippen LogP contribution in [0.4, 0.5) is 0 Å². The van der Waals surface area contributed by atoms with Gasteiger partial charge in [0.05, 0.1) is 0 Å². The van der Waals surface area contributed by atoms with Crippen LogP contribution in [0.5, 0.6) is 0 Å². The molecule has 4 aromatic rings. The summed E-state index contributed by atoms with van der Waals surface area (Å²) in [7, 11) is -2.36. The molecule has 3 heteroatoms. The average molecular weight is 498 g/mol. The number of hydrogen-bond acceptors (Lipinski definition) is 1. The van der Waals surface area contributed by atoms with Gasteiger partial charge in [0.15, 0.2) is 0 Å². The average Bonchev–Trinajstić information content (AvgIpc) is 3.24. The van der Waals surface area contributed by atoms with E-state index in [2.05, 4.69) is 115 Å². The molecule has 0 amide bonds. The van der Waals surface area contributed by atoms with Gasteiger partial charge in [-0.2, -0.15) is 0 Å². The Labute approximate surface area is 197 Å². The number of benzene rings is 4. The fourth-order valence-electron chi connectivity index (χ4n) is 5.60. The summed E-state index contributed by atoms with van der Waals surface area (Å²) >= 11 is 0.396. The van der Waals surface area contributed by atoms with Crippen molar-refractivity contribution in [3.05, 3.63) is 126 Å². The summed E-state index contributed by atoms with van der Waals surface area (Å²) in [6, 6.07) is 43.6. The molecule has 0 bridgehead atoms. The molecule has 1 fully saturated rings. The zero-order valence-corrected chi connectivity index (χ0v) is 20.6. The maximum absolute atomic E-state index is 7.37. The Balaban J connectivity index is 1.49. The Morgan fingerprint density at radius 2 is 1.22 bits per heavy atom. The zero-order chi connectivity index (χ0) is 21.4. The van der Waals surface area contributed by atoms with E-state index in [-0.39, 0.29) is 6.10 Å². The van der Waals surface area contributed by atoms with Crippen LogP contribution >= 0.6 is 0 Å². The van der Waals surface area contributed by atoms with E-state index in [1.54, 1.807) is 0 Å². The van der Waals surface area contributed by atoms with E-state index < -0.39 is 8.32 Å². The van der Waals surface area contributed by atoms with Gasteiger partial charge in [0.1, 0.15) is 0 Å². The third-order valence-corrected chi connectivity index (χ3v) is 14.6. The van der Waals surface area contributed by atoms with Crippen molar-refractivity contribution in [1.82, 2.24) is 0 Å². The first kappa shape index (κ1) is 20.2. The van der Waals surface area contributed by atoms with Crippen LogP contribution in [0.15, 0.2) is 115 Å². The Bertz CT molecular complexity index is 1160. The summed E-state index contributed by atoms with van der Waals surface area (Å²) in [4.78, 5) is 0.624. The second kappa shape index (κ2) is 8.50. The number of rotatable bonds is 4. The van der Waals surface area contributed by atoms with Crippen molar-refractivity contribution in [2.45, 2.75) is 29.3 Å². The number of fused-ring (bicyclic) bond motifs is 3. The van der Waals surface area contributed by atoms with Gasteiger partial charge in [0.2, 0.25) is 0 Å². The first-order valence-electron chi connectivity index (χ1n) is 11.4. The molecule has 4 aromatic carbocycles. The summed E-state index contributed by atoms with van der Waals surface area (Å²) in [5.74, 6) is 0.499. The normalized spacial score (nSPS) is 23.3. The maximum atomic E-state index is 7.37. The van der Waals surface area contributed by atoms with Crippen molar-refractivity contribution < 1.29 is 4.43 Å². The summed E-state index contributed by atoms with van der Waals surface area (Å²) in [6.07, 6.45) is 1.31. The number of hydrogen-bond donors (Lipinski definition) is 0. The molecule has 158 valence electrons. The van der Waals surface area contributed by atoms with E-state index in [1.807, 2.05) is 0 Å². The molecule has 1 aliphatic heterocycles. The summed E-state index contributed by atoms with van der Waals surface area (Å²) in [5, 5.41) is 2.82. The van der Waals surface area contributed by atoms with Gasteiger partial charge in [-0.3, -0.25) is 0 Å². The Morgan fingerprint density at radius 1 is 0.656 bits per heavy atom. The minimum atomic E-state index is -2.36. The quantitative estimate of drug-likeness (QED) is 0.382. The van der Waals surface area contributed by atoms with E-state index in [0.29, 0.717) is 25.7 Å². The molecule has 0 spiro atoms. The Morgan fingerprint density at radius 3 is 1.88 bits per heavy atom. The fraction of sp³-hybridized carbons (Fsp3) is 0.172. The molecule has 0 saturated carbocycles. The van der Waals surface area contributed by atoms with Crippen LogP contribution in [0, 0.1) is 0 Å². The first-order chi connectivity index (χ1) is 15.8. The summed E-state index contributed by atoms with van der Waals surface area (Å²) in [6.45, 7) is 0. The van der Waals surface area contributed by atoms with Crippen molar-refractivity contribution in [2.24, 2.45) is 0 Å². The molecule has 1 saturated heterocycles. The molecule has 3 atom stereocenters. The molecule has 1 heterocycles. The third-order valence-electron chi connectivity index (χ3n) is 6.99. The standard InChI is InChI=1S/C29H26OSeSi/c1-4-13-23(14-5-1)31-28-21-32(24-15-6-2-7-16-24,25-17-8-3-9-18-25)30-27-20-22-12-10-11-19-26(22)29(27)28/h1-19,27-29H,20-21H2/t27-,28?,29+/m1/s1. The Kier molecular flexibility index (Phi) is 5.36. The van der Waals surface area contributed by atoms with Gasteiger partial charge in [0, 0.05) is 0 Å². The molecule has 0 aromatic heterocycles. The molecule has 1 aliphatic carbocycles. The first-order valence-corrected chi connectivity index (χ1v) is 15.4. The van der Waals surface area contributed by atoms with Gasteiger partial charge in [-0.05, 0) is 0 Å². The van der Waals surface area contributed by atoms with Gasteiger partial charge in [0.25, 0.3) is 0 Å². The topological polar surface area (TPSA) is 9.23 Å². The van der Waals surface area contributed by atoms with Crippen molar-refractivity contribution in [1.29, 1.82) is 0 Å². The van der Waals surface area contributed by atoms with E-state index in [9.17, 15) is 0 Å². The van der Waals surface area contributed by atoms with Gasteiger partial charge in [-0.25, -0.2) is 0 Å². The molecular formula is C29H26OSeSi. The van der Waals surface area contributed by atoms with Gasteiger partial charge in [-0.15, -0.1) is 0 Å². The summed E-state index contributed by atoms with van der Waals surface area (Å²) in [5.41, 5.74) is 3.02. The third kappa shape index (κ3) is 3.50.